The Morgan fingerprint density at radius 1 is 1.11 bits per heavy atom. The summed E-state index contributed by atoms with van der Waals surface area (Å²) < 4.78 is 26.8. The number of hydrogen-bond donors (Lipinski definition) is 2. The topological polar surface area (TPSA) is 85.1 Å². The van der Waals surface area contributed by atoms with Gasteiger partial charge in [-0.05, 0) is 49.2 Å². The van der Waals surface area contributed by atoms with Crippen LogP contribution in [0.3, 0.4) is 0 Å². The van der Waals surface area contributed by atoms with Crippen LogP contribution >= 0.6 is 0 Å². The molecule has 19 heavy (non-hydrogen) atoms. The molecule has 0 spiro atoms. The fourth-order valence-corrected chi connectivity index (χ4v) is 2.80. The summed E-state index contributed by atoms with van der Waals surface area (Å²) in [6.07, 6.45) is 1.60. The molecule has 3 N–H and O–H groups in total. The predicted octanol–water partition coefficient (Wildman–Crippen LogP) is 2.08. The van der Waals surface area contributed by atoms with E-state index in [1.165, 1.54) is 6.07 Å². The first kappa shape index (κ1) is 13.4. The van der Waals surface area contributed by atoms with Gasteiger partial charge < -0.3 is 5.73 Å². The number of nitrogens with two attached hydrogens (primary N) is 1. The lowest BCUT2D eigenvalue weighted by Gasteiger charge is -2.09. The number of sulfonamides is 1. The van der Waals surface area contributed by atoms with Gasteiger partial charge >= 0.3 is 0 Å². The van der Waals surface area contributed by atoms with E-state index in [-0.39, 0.29) is 10.7 Å². The van der Waals surface area contributed by atoms with E-state index >= 15 is 0 Å². The van der Waals surface area contributed by atoms with Crippen LogP contribution in [0.5, 0.6) is 0 Å². The van der Waals surface area contributed by atoms with Crippen molar-refractivity contribution < 1.29 is 8.42 Å². The fourth-order valence-electron chi connectivity index (χ4n) is 1.66. The van der Waals surface area contributed by atoms with Gasteiger partial charge in [-0.15, -0.1) is 0 Å². The quantitative estimate of drug-likeness (QED) is 0.841. The molecule has 1 aromatic carbocycles. The minimum Gasteiger partial charge on any atom is -0.399 e. The number of pyridine rings is 1. The first-order valence-corrected chi connectivity index (χ1v) is 7.18. The second-order valence-electron chi connectivity index (χ2n) is 4.41. The smallest absolute Gasteiger partial charge is 0.263 e. The van der Waals surface area contributed by atoms with Crippen molar-refractivity contribution in [3.63, 3.8) is 0 Å². The molecular formula is C13H15N3O2S. The van der Waals surface area contributed by atoms with Crippen LogP contribution in [0.15, 0.2) is 41.4 Å². The standard InChI is InChI=1S/C13H15N3O2S/c1-9-3-4-13(15-8-9)16-19(17,18)12-6-10(2)5-11(14)7-12/h3-8H,14H2,1-2H3,(H,15,16). The van der Waals surface area contributed by atoms with Gasteiger partial charge in [0.1, 0.15) is 5.82 Å². The van der Waals surface area contributed by atoms with Gasteiger partial charge in [0.05, 0.1) is 4.90 Å². The van der Waals surface area contributed by atoms with E-state index in [9.17, 15) is 8.42 Å². The molecule has 0 saturated heterocycles. The molecule has 2 aromatic rings. The highest BCUT2D eigenvalue weighted by Gasteiger charge is 2.15. The molecule has 1 heterocycles. The second-order valence-corrected chi connectivity index (χ2v) is 6.09. The number of nitrogen functional groups attached to an aromatic ring is 1. The fraction of sp³-hybridized carbons (Fsp3) is 0.154. The summed E-state index contributed by atoms with van der Waals surface area (Å²) >= 11 is 0. The monoisotopic (exact) mass is 277 g/mol. The minimum absolute atomic E-state index is 0.132. The Kier molecular flexibility index (Phi) is 3.44. The summed E-state index contributed by atoms with van der Waals surface area (Å²) in [6, 6.07) is 8.10. The van der Waals surface area contributed by atoms with Gasteiger partial charge in [0, 0.05) is 11.9 Å². The first-order chi connectivity index (χ1) is 8.87. The number of nitrogens with zero attached hydrogens (tertiary/aromatic N) is 1. The van der Waals surface area contributed by atoms with Gasteiger partial charge in [-0.3, -0.25) is 4.72 Å². The number of rotatable bonds is 3. The highest BCUT2D eigenvalue weighted by molar-refractivity contribution is 7.92. The van der Waals surface area contributed by atoms with Crippen LogP contribution in [-0.2, 0) is 10.0 Å². The van der Waals surface area contributed by atoms with Gasteiger partial charge in [0.25, 0.3) is 10.0 Å². The molecule has 0 aliphatic heterocycles. The maximum absolute atomic E-state index is 12.2. The van der Waals surface area contributed by atoms with E-state index in [1.807, 2.05) is 6.92 Å². The predicted molar refractivity (Wildman–Crippen MR) is 75.4 cm³/mol. The summed E-state index contributed by atoms with van der Waals surface area (Å²) in [7, 11) is -3.66. The maximum atomic E-state index is 12.2. The zero-order valence-corrected chi connectivity index (χ0v) is 11.5. The third-order valence-electron chi connectivity index (χ3n) is 2.53. The average molecular weight is 277 g/mol. The maximum Gasteiger partial charge on any atom is 0.263 e. The van der Waals surface area contributed by atoms with Crippen molar-refractivity contribution >= 4 is 21.5 Å². The Morgan fingerprint density at radius 2 is 1.84 bits per heavy atom. The molecule has 100 valence electrons. The third kappa shape index (κ3) is 3.23. The Labute approximate surface area is 112 Å². The van der Waals surface area contributed by atoms with Crippen LogP contribution in [-0.4, -0.2) is 13.4 Å². The normalized spacial score (nSPS) is 11.3. The number of aromatic nitrogens is 1. The van der Waals surface area contributed by atoms with E-state index in [0.717, 1.165) is 11.1 Å². The number of benzene rings is 1. The molecule has 6 heteroatoms. The van der Waals surface area contributed by atoms with Crippen molar-refractivity contribution in [3.8, 4) is 0 Å². The zero-order chi connectivity index (χ0) is 14.0. The lowest BCUT2D eigenvalue weighted by atomic mass is 10.2. The summed E-state index contributed by atoms with van der Waals surface area (Å²) in [5, 5.41) is 0. The van der Waals surface area contributed by atoms with Crippen molar-refractivity contribution in [1.82, 2.24) is 4.98 Å². The van der Waals surface area contributed by atoms with Crippen LogP contribution in [0.4, 0.5) is 11.5 Å². The summed E-state index contributed by atoms with van der Waals surface area (Å²) in [4.78, 5) is 4.14. The largest absolute Gasteiger partial charge is 0.399 e. The summed E-state index contributed by atoms with van der Waals surface area (Å²) in [5.41, 5.74) is 7.83. The van der Waals surface area contributed by atoms with E-state index in [1.54, 1.807) is 37.4 Å². The first-order valence-electron chi connectivity index (χ1n) is 5.69. The molecule has 2 rings (SSSR count). The van der Waals surface area contributed by atoms with Crippen molar-refractivity contribution in [2.75, 3.05) is 10.5 Å². The van der Waals surface area contributed by atoms with Gasteiger partial charge in [-0.25, -0.2) is 13.4 Å². The third-order valence-corrected chi connectivity index (χ3v) is 3.87. The van der Waals surface area contributed by atoms with E-state index in [4.69, 9.17) is 5.73 Å². The zero-order valence-electron chi connectivity index (χ0n) is 10.7. The molecular weight excluding hydrogens is 262 g/mol. The highest BCUT2D eigenvalue weighted by Crippen LogP contribution is 2.19. The van der Waals surface area contributed by atoms with Gasteiger partial charge in [0.15, 0.2) is 0 Å². The second kappa shape index (κ2) is 4.89. The van der Waals surface area contributed by atoms with Gasteiger partial charge in [-0.1, -0.05) is 6.07 Å². The number of anilines is 2. The Hall–Kier alpha value is -2.08. The lowest BCUT2D eigenvalue weighted by Crippen LogP contribution is -2.14. The molecule has 0 atom stereocenters. The van der Waals surface area contributed by atoms with Crippen LogP contribution < -0.4 is 10.5 Å². The summed E-state index contributed by atoms with van der Waals surface area (Å²) in [6.45, 7) is 3.67. The van der Waals surface area contributed by atoms with Gasteiger partial charge in [0.2, 0.25) is 0 Å². The molecule has 0 fully saturated rings. The molecule has 0 unspecified atom stereocenters. The molecule has 0 amide bonds. The molecule has 5 nitrogen and oxygen atoms in total. The van der Waals surface area contributed by atoms with Crippen molar-refractivity contribution in [2.45, 2.75) is 18.7 Å². The van der Waals surface area contributed by atoms with Gasteiger partial charge in [-0.2, -0.15) is 0 Å². The van der Waals surface area contributed by atoms with Crippen molar-refractivity contribution in [2.24, 2.45) is 0 Å². The van der Waals surface area contributed by atoms with Crippen LogP contribution in [0, 0.1) is 13.8 Å². The molecule has 0 aliphatic rings. The SMILES string of the molecule is Cc1ccc(NS(=O)(=O)c2cc(C)cc(N)c2)nc1. The van der Waals surface area contributed by atoms with E-state index in [2.05, 4.69) is 9.71 Å². The summed E-state index contributed by atoms with van der Waals surface area (Å²) in [5.74, 6) is 0.283. The molecule has 0 radical (unpaired) electrons. The number of hydrogen-bond acceptors (Lipinski definition) is 4. The lowest BCUT2D eigenvalue weighted by molar-refractivity contribution is 0.601. The van der Waals surface area contributed by atoms with Crippen LogP contribution in [0.25, 0.3) is 0 Å². The average Bonchev–Trinajstić information content (AvgIpc) is 2.31. The Bertz CT molecular complexity index is 674. The molecule has 1 aromatic heterocycles. The van der Waals surface area contributed by atoms with E-state index in [0.29, 0.717) is 5.69 Å². The minimum atomic E-state index is -3.66. The number of nitrogens with one attached hydrogen (secondary N) is 1. The molecule has 0 bridgehead atoms. The van der Waals surface area contributed by atoms with Crippen molar-refractivity contribution in [1.29, 1.82) is 0 Å². The Morgan fingerprint density at radius 3 is 2.42 bits per heavy atom. The Balaban J connectivity index is 2.34. The van der Waals surface area contributed by atoms with E-state index < -0.39 is 10.0 Å². The van der Waals surface area contributed by atoms with Crippen molar-refractivity contribution in [3.05, 3.63) is 47.7 Å². The van der Waals surface area contributed by atoms with Crippen LogP contribution in [0.2, 0.25) is 0 Å². The molecule has 0 aliphatic carbocycles. The highest BCUT2D eigenvalue weighted by atomic mass is 32.2. The number of aryl methyl sites for hydroxylation is 2. The molecule has 0 saturated carbocycles. The van der Waals surface area contributed by atoms with Crippen LogP contribution in [0.1, 0.15) is 11.1 Å².